The number of hydrogen-bond acceptors (Lipinski definition) is 1. The highest BCUT2D eigenvalue weighted by Gasteiger charge is 2.20. The number of hydrogen-bond donors (Lipinski definition) is 1. The van der Waals surface area contributed by atoms with Crippen LogP contribution in [0.2, 0.25) is 0 Å². The van der Waals surface area contributed by atoms with Crippen LogP contribution >= 0.6 is 0 Å². The quantitative estimate of drug-likeness (QED) is 0.746. The largest absolute Gasteiger partial charge is 0.303 e. The van der Waals surface area contributed by atoms with Gasteiger partial charge in [-0.3, -0.25) is 0 Å². The molecule has 1 unspecified atom stereocenters. The summed E-state index contributed by atoms with van der Waals surface area (Å²) in [5.41, 5.74) is 2.61. The Kier molecular flexibility index (Phi) is 5.41. The van der Waals surface area contributed by atoms with Crippen molar-refractivity contribution in [1.29, 1.82) is 0 Å². The van der Waals surface area contributed by atoms with Crippen LogP contribution < -0.4 is 5.32 Å². The second-order valence-corrected chi connectivity index (χ2v) is 5.34. The summed E-state index contributed by atoms with van der Waals surface area (Å²) < 4.78 is 0. The van der Waals surface area contributed by atoms with Gasteiger partial charge >= 0.3 is 0 Å². The SMILES string of the molecule is C=CC(=CC)C(NC1CCCCC1)c1ccccc1. The van der Waals surface area contributed by atoms with E-state index < -0.39 is 0 Å². The number of allylic oxidation sites excluding steroid dienone is 1. The van der Waals surface area contributed by atoms with Crippen LogP contribution in [0.25, 0.3) is 0 Å². The van der Waals surface area contributed by atoms with Crippen molar-refractivity contribution in [3.63, 3.8) is 0 Å². The third kappa shape index (κ3) is 3.81. The van der Waals surface area contributed by atoms with Crippen LogP contribution in [0.1, 0.15) is 50.6 Å². The molecule has 0 bridgehead atoms. The summed E-state index contributed by atoms with van der Waals surface area (Å²) >= 11 is 0. The predicted octanol–water partition coefficient (Wildman–Crippen LogP) is 4.78. The van der Waals surface area contributed by atoms with Gasteiger partial charge in [-0.25, -0.2) is 0 Å². The molecule has 0 aliphatic heterocycles. The topological polar surface area (TPSA) is 12.0 Å². The van der Waals surface area contributed by atoms with Gasteiger partial charge in [-0.1, -0.05) is 68.3 Å². The summed E-state index contributed by atoms with van der Waals surface area (Å²) in [7, 11) is 0. The predicted molar refractivity (Wildman–Crippen MR) is 83.1 cm³/mol. The van der Waals surface area contributed by atoms with Crippen molar-refractivity contribution in [2.75, 3.05) is 0 Å². The lowest BCUT2D eigenvalue weighted by atomic mass is 9.92. The second-order valence-electron chi connectivity index (χ2n) is 5.34. The Morgan fingerprint density at radius 3 is 2.47 bits per heavy atom. The van der Waals surface area contributed by atoms with E-state index in [1.54, 1.807) is 0 Å². The first-order valence-corrected chi connectivity index (χ1v) is 7.44. The Hall–Kier alpha value is -1.34. The van der Waals surface area contributed by atoms with Crippen LogP contribution in [0, 0.1) is 0 Å². The van der Waals surface area contributed by atoms with E-state index in [2.05, 4.69) is 55.2 Å². The molecule has 1 fully saturated rings. The molecule has 1 N–H and O–H groups in total. The van der Waals surface area contributed by atoms with Crippen molar-refractivity contribution < 1.29 is 0 Å². The summed E-state index contributed by atoms with van der Waals surface area (Å²) in [4.78, 5) is 0. The Morgan fingerprint density at radius 2 is 1.89 bits per heavy atom. The zero-order valence-electron chi connectivity index (χ0n) is 11.9. The van der Waals surface area contributed by atoms with Crippen LogP contribution in [0.15, 0.2) is 54.6 Å². The summed E-state index contributed by atoms with van der Waals surface area (Å²) in [6, 6.07) is 11.6. The fraction of sp³-hybridized carbons (Fsp3) is 0.444. The van der Waals surface area contributed by atoms with Gasteiger partial charge in [0, 0.05) is 6.04 Å². The first-order chi connectivity index (χ1) is 9.35. The zero-order valence-corrected chi connectivity index (χ0v) is 11.9. The van der Waals surface area contributed by atoms with E-state index in [9.17, 15) is 0 Å². The Balaban J connectivity index is 2.16. The highest BCUT2D eigenvalue weighted by atomic mass is 15.0. The maximum Gasteiger partial charge on any atom is 0.0575 e. The third-order valence-corrected chi connectivity index (χ3v) is 4.04. The molecule has 1 aliphatic carbocycles. The van der Waals surface area contributed by atoms with E-state index in [-0.39, 0.29) is 6.04 Å². The molecule has 1 aliphatic rings. The fourth-order valence-corrected chi connectivity index (χ4v) is 2.94. The van der Waals surface area contributed by atoms with Gasteiger partial charge in [0.1, 0.15) is 0 Å². The molecule has 19 heavy (non-hydrogen) atoms. The smallest absolute Gasteiger partial charge is 0.0575 e. The van der Waals surface area contributed by atoms with Crippen LogP contribution in [-0.2, 0) is 0 Å². The molecule has 1 heteroatoms. The molecule has 1 aromatic rings. The first kappa shape index (κ1) is 14.1. The average Bonchev–Trinajstić information content (AvgIpc) is 2.49. The van der Waals surface area contributed by atoms with Gasteiger partial charge in [0.25, 0.3) is 0 Å². The first-order valence-electron chi connectivity index (χ1n) is 7.44. The fourth-order valence-electron chi connectivity index (χ4n) is 2.94. The van der Waals surface area contributed by atoms with Gasteiger partial charge < -0.3 is 5.32 Å². The van der Waals surface area contributed by atoms with Crippen LogP contribution in [-0.4, -0.2) is 6.04 Å². The summed E-state index contributed by atoms with van der Waals surface area (Å²) in [5, 5.41) is 3.83. The molecule has 0 spiro atoms. The molecule has 1 saturated carbocycles. The molecule has 1 nitrogen and oxygen atoms in total. The molecule has 0 aromatic heterocycles. The van der Waals surface area contributed by atoms with E-state index in [0.717, 1.165) is 0 Å². The molecule has 2 rings (SSSR count). The minimum absolute atomic E-state index is 0.284. The van der Waals surface area contributed by atoms with Crippen molar-refractivity contribution in [3.05, 3.63) is 60.2 Å². The van der Waals surface area contributed by atoms with Crippen molar-refractivity contribution in [3.8, 4) is 0 Å². The van der Waals surface area contributed by atoms with Gasteiger partial charge in [0.05, 0.1) is 6.04 Å². The molecular formula is C18H25N. The van der Waals surface area contributed by atoms with E-state index in [1.807, 2.05) is 6.08 Å². The minimum atomic E-state index is 0.284. The molecular weight excluding hydrogens is 230 g/mol. The Bertz CT molecular complexity index is 413. The van der Waals surface area contributed by atoms with Crippen molar-refractivity contribution in [2.45, 2.75) is 51.1 Å². The lowest BCUT2D eigenvalue weighted by molar-refractivity contribution is 0.354. The summed E-state index contributed by atoms with van der Waals surface area (Å²) in [5.74, 6) is 0. The van der Waals surface area contributed by atoms with Crippen LogP contribution in [0.4, 0.5) is 0 Å². The zero-order chi connectivity index (χ0) is 13.5. The molecule has 1 aromatic carbocycles. The molecule has 1 atom stereocenters. The standard InChI is InChI=1S/C18H25N/c1-3-15(4-2)18(16-11-7-5-8-12-16)19-17-13-9-6-10-14-17/h3-5,7-8,11-12,17-19H,1,6,9-10,13-14H2,2H3. The third-order valence-electron chi connectivity index (χ3n) is 4.04. The second kappa shape index (κ2) is 7.30. The highest BCUT2D eigenvalue weighted by molar-refractivity contribution is 5.33. The monoisotopic (exact) mass is 255 g/mol. The van der Waals surface area contributed by atoms with Crippen LogP contribution in [0.5, 0.6) is 0 Å². The van der Waals surface area contributed by atoms with Crippen molar-refractivity contribution >= 4 is 0 Å². The van der Waals surface area contributed by atoms with Gasteiger partial charge in [-0.15, -0.1) is 0 Å². The van der Waals surface area contributed by atoms with Crippen LogP contribution in [0.3, 0.4) is 0 Å². The van der Waals surface area contributed by atoms with Gasteiger partial charge in [-0.2, -0.15) is 0 Å². The number of nitrogens with one attached hydrogen (secondary N) is 1. The Labute approximate surface area is 117 Å². The van der Waals surface area contributed by atoms with Gasteiger partial charge in [-0.05, 0) is 30.9 Å². The molecule has 0 radical (unpaired) electrons. The van der Waals surface area contributed by atoms with Gasteiger partial charge in [0.15, 0.2) is 0 Å². The van der Waals surface area contributed by atoms with Crippen molar-refractivity contribution in [1.82, 2.24) is 5.32 Å². The lowest BCUT2D eigenvalue weighted by Gasteiger charge is -2.29. The number of benzene rings is 1. The molecule has 0 amide bonds. The van der Waals surface area contributed by atoms with E-state index in [4.69, 9.17) is 0 Å². The average molecular weight is 255 g/mol. The maximum atomic E-state index is 3.96. The van der Waals surface area contributed by atoms with E-state index >= 15 is 0 Å². The minimum Gasteiger partial charge on any atom is -0.303 e. The number of rotatable bonds is 5. The van der Waals surface area contributed by atoms with E-state index in [0.29, 0.717) is 6.04 Å². The molecule has 102 valence electrons. The normalized spacial score (nSPS) is 19.1. The summed E-state index contributed by atoms with van der Waals surface area (Å²) in [6.07, 6.45) is 10.9. The highest BCUT2D eigenvalue weighted by Crippen LogP contribution is 2.26. The maximum absolute atomic E-state index is 3.96. The van der Waals surface area contributed by atoms with Gasteiger partial charge in [0.2, 0.25) is 0 Å². The molecule has 0 saturated heterocycles. The van der Waals surface area contributed by atoms with Crippen molar-refractivity contribution in [2.24, 2.45) is 0 Å². The Morgan fingerprint density at radius 1 is 1.21 bits per heavy atom. The molecule has 0 heterocycles. The summed E-state index contributed by atoms with van der Waals surface area (Å²) in [6.45, 7) is 6.06. The van der Waals surface area contributed by atoms with E-state index in [1.165, 1.54) is 43.2 Å². The lowest BCUT2D eigenvalue weighted by Crippen LogP contribution is -2.35.